The standard InChI is InChI=1S/C18H27N3O/c1-15-13-17(15)18(22)19-7-8-20-9-11-21(12-10-20)14-16-5-3-2-4-6-16/h2-6,15,17H,7-14H2,1H3,(H,19,22). The fraction of sp³-hybridized carbons (Fsp3) is 0.611. The largest absolute Gasteiger partial charge is 0.355 e. The van der Waals surface area contributed by atoms with Crippen molar-refractivity contribution < 1.29 is 4.79 Å². The Morgan fingerprint density at radius 1 is 1.14 bits per heavy atom. The van der Waals surface area contributed by atoms with Crippen LogP contribution in [0.15, 0.2) is 30.3 Å². The summed E-state index contributed by atoms with van der Waals surface area (Å²) in [4.78, 5) is 16.7. The van der Waals surface area contributed by atoms with Crippen LogP contribution in [0.3, 0.4) is 0 Å². The average Bonchev–Trinajstić information content (AvgIpc) is 3.27. The lowest BCUT2D eigenvalue weighted by molar-refractivity contribution is -0.122. The van der Waals surface area contributed by atoms with Gasteiger partial charge in [-0.25, -0.2) is 0 Å². The Hall–Kier alpha value is -1.39. The first-order chi connectivity index (χ1) is 10.7. The van der Waals surface area contributed by atoms with Gasteiger partial charge in [0.25, 0.3) is 0 Å². The normalized spacial score (nSPS) is 25.9. The molecule has 1 aliphatic heterocycles. The van der Waals surface area contributed by atoms with Crippen LogP contribution in [0.2, 0.25) is 0 Å². The van der Waals surface area contributed by atoms with E-state index in [0.717, 1.165) is 52.2 Å². The molecule has 2 atom stereocenters. The quantitative estimate of drug-likeness (QED) is 0.866. The van der Waals surface area contributed by atoms with Crippen molar-refractivity contribution in [1.29, 1.82) is 0 Å². The molecule has 1 saturated heterocycles. The minimum absolute atomic E-state index is 0.259. The van der Waals surface area contributed by atoms with E-state index in [-0.39, 0.29) is 5.91 Å². The molecule has 0 bridgehead atoms. The first kappa shape index (κ1) is 15.5. The van der Waals surface area contributed by atoms with E-state index in [0.29, 0.717) is 11.8 Å². The summed E-state index contributed by atoms with van der Waals surface area (Å²) >= 11 is 0. The number of hydrogen-bond acceptors (Lipinski definition) is 3. The third kappa shape index (κ3) is 4.31. The lowest BCUT2D eigenvalue weighted by Gasteiger charge is -2.34. The number of benzene rings is 1. The van der Waals surface area contributed by atoms with Gasteiger partial charge in [-0.05, 0) is 17.9 Å². The van der Waals surface area contributed by atoms with Crippen LogP contribution in [0.5, 0.6) is 0 Å². The average molecular weight is 301 g/mol. The van der Waals surface area contributed by atoms with E-state index in [2.05, 4.69) is 52.4 Å². The van der Waals surface area contributed by atoms with Crippen molar-refractivity contribution in [2.24, 2.45) is 11.8 Å². The Morgan fingerprint density at radius 3 is 2.41 bits per heavy atom. The molecule has 0 spiro atoms. The summed E-state index contributed by atoms with van der Waals surface area (Å²) in [5.41, 5.74) is 1.39. The molecule has 120 valence electrons. The van der Waals surface area contributed by atoms with E-state index in [1.807, 2.05) is 0 Å². The topological polar surface area (TPSA) is 35.6 Å². The molecular weight excluding hydrogens is 274 g/mol. The number of carbonyl (C=O) groups excluding carboxylic acids is 1. The molecule has 1 aromatic rings. The number of piperazine rings is 1. The zero-order valence-electron chi connectivity index (χ0n) is 13.5. The van der Waals surface area contributed by atoms with Crippen LogP contribution in [0.4, 0.5) is 0 Å². The maximum atomic E-state index is 11.8. The van der Waals surface area contributed by atoms with E-state index in [1.54, 1.807) is 0 Å². The lowest BCUT2D eigenvalue weighted by atomic mass is 10.2. The minimum Gasteiger partial charge on any atom is -0.355 e. The second kappa shape index (κ2) is 7.25. The van der Waals surface area contributed by atoms with Crippen LogP contribution >= 0.6 is 0 Å². The lowest BCUT2D eigenvalue weighted by Crippen LogP contribution is -2.48. The summed E-state index contributed by atoms with van der Waals surface area (Å²) in [5.74, 6) is 1.15. The fourth-order valence-corrected chi connectivity index (χ4v) is 3.17. The summed E-state index contributed by atoms with van der Waals surface area (Å²) < 4.78 is 0. The van der Waals surface area contributed by atoms with Gasteiger partial charge in [-0.3, -0.25) is 14.6 Å². The van der Waals surface area contributed by atoms with Gasteiger partial charge in [-0.15, -0.1) is 0 Å². The summed E-state index contributed by atoms with van der Waals surface area (Å²) in [6.07, 6.45) is 1.07. The zero-order valence-corrected chi connectivity index (χ0v) is 13.5. The molecule has 1 aliphatic carbocycles. The summed E-state index contributed by atoms with van der Waals surface area (Å²) in [5, 5.41) is 3.08. The molecule has 1 heterocycles. The number of nitrogens with one attached hydrogen (secondary N) is 1. The third-order valence-electron chi connectivity index (χ3n) is 4.89. The van der Waals surface area contributed by atoms with Gasteiger partial charge < -0.3 is 5.32 Å². The predicted octanol–water partition coefficient (Wildman–Crippen LogP) is 1.58. The molecule has 1 N–H and O–H groups in total. The number of rotatable bonds is 6. The van der Waals surface area contributed by atoms with Gasteiger partial charge in [0.05, 0.1) is 0 Å². The van der Waals surface area contributed by atoms with E-state index >= 15 is 0 Å². The molecule has 1 aromatic carbocycles. The predicted molar refractivity (Wildman–Crippen MR) is 88.4 cm³/mol. The van der Waals surface area contributed by atoms with Crippen LogP contribution in [0.25, 0.3) is 0 Å². The smallest absolute Gasteiger partial charge is 0.223 e. The van der Waals surface area contributed by atoms with E-state index in [4.69, 9.17) is 0 Å². The van der Waals surface area contributed by atoms with Crippen molar-refractivity contribution in [2.75, 3.05) is 39.3 Å². The van der Waals surface area contributed by atoms with Gasteiger partial charge >= 0.3 is 0 Å². The summed E-state index contributed by atoms with van der Waals surface area (Å²) in [6.45, 7) is 9.39. The molecule has 1 amide bonds. The highest BCUT2D eigenvalue weighted by molar-refractivity contribution is 5.81. The monoisotopic (exact) mass is 301 g/mol. The molecule has 2 aliphatic rings. The van der Waals surface area contributed by atoms with Crippen LogP contribution in [0.1, 0.15) is 18.9 Å². The fourth-order valence-electron chi connectivity index (χ4n) is 3.17. The van der Waals surface area contributed by atoms with Crippen LogP contribution in [-0.4, -0.2) is 55.0 Å². The Balaban J connectivity index is 1.31. The Labute approximate surface area is 133 Å². The van der Waals surface area contributed by atoms with Crippen LogP contribution < -0.4 is 5.32 Å². The van der Waals surface area contributed by atoms with E-state index < -0.39 is 0 Å². The first-order valence-corrected chi connectivity index (χ1v) is 8.49. The maximum Gasteiger partial charge on any atom is 0.223 e. The van der Waals surface area contributed by atoms with Crippen molar-refractivity contribution in [3.05, 3.63) is 35.9 Å². The number of nitrogens with zero attached hydrogens (tertiary/aromatic N) is 2. The maximum absolute atomic E-state index is 11.8. The second-order valence-electron chi connectivity index (χ2n) is 6.71. The first-order valence-electron chi connectivity index (χ1n) is 8.49. The molecule has 22 heavy (non-hydrogen) atoms. The van der Waals surface area contributed by atoms with Crippen molar-refractivity contribution >= 4 is 5.91 Å². The third-order valence-corrected chi connectivity index (χ3v) is 4.89. The Kier molecular flexibility index (Phi) is 5.11. The highest BCUT2D eigenvalue weighted by Crippen LogP contribution is 2.37. The Bertz CT molecular complexity index is 482. The van der Waals surface area contributed by atoms with Gasteiger partial charge in [0.2, 0.25) is 5.91 Å². The molecular formula is C18H27N3O. The van der Waals surface area contributed by atoms with Gasteiger partial charge in [0.1, 0.15) is 0 Å². The van der Waals surface area contributed by atoms with Crippen molar-refractivity contribution in [1.82, 2.24) is 15.1 Å². The van der Waals surface area contributed by atoms with Gasteiger partial charge in [-0.1, -0.05) is 37.3 Å². The number of hydrogen-bond donors (Lipinski definition) is 1. The Morgan fingerprint density at radius 2 is 1.77 bits per heavy atom. The molecule has 2 unspecified atom stereocenters. The summed E-state index contributed by atoms with van der Waals surface area (Å²) in [7, 11) is 0. The van der Waals surface area contributed by atoms with Gasteiger partial charge in [-0.2, -0.15) is 0 Å². The highest BCUT2D eigenvalue weighted by atomic mass is 16.2. The van der Waals surface area contributed by atoms with Crippen LogP contribution in [-0.2, 0) is 11.3 Å². The van der Waals surface area contributed by atoms with Crippen LogP contribution in [0, 0.1) is 11.8 Å². The SMILES string of the molecule is CC1CC1C(=O)NCCN1CCN(Cc2ccccc2)CC1. The molecule has 3 rings (SSSR count). The molecule has 0 radical (unpaired) electrons. The van der Waals surface area contributed by atoms with Crippen molar-refractivity contribution in [3.8, 4) is 0 Å². The number of carbonyl (C=O) groups is 1. The molecule has 4 nitrogen and oxygen atoms in total. The van der Waals surface area contributed by atoms with E-state index in [9.17, 15) is 4.79 Å². The molecule has 4 heteroatoms. The number of amides is 1. The molecule has 0 aromatic heterocycles. The zero-order chi connectivity index (χ0) is 15.4. The van der Waals surface area contributed by atoms with Crippen molar-refractivity contribution in [3.63, 3.8) is 0 Å². The second-order valence-corrected chi connectivity index (χ2v) is 6.71. The minimum atomic E-state index is 0.259. The van der Waals surface area contributed by atoms with E-state index in [1.165, 1.54) is 5.56 Å². The molecule has 1 saturated carbocycles. The van der Waals surface area contributed by atoms with Crippen molar-refractivity contribution in [2.45, 2.75) is 19.9 Å². The van der Waals surface area contributed by atoms with Gasteiger partial charge in [0, 0.05) is 51.7 Å². The summed E-state index contributed by atoms with van der Waals surface area (Å²) in [6, 6.07) is 10.7. The van der Waals surface area contributed by atoms with Gasteiger partial charge in [0.15, 0.2) is 0 Å². The molecule has 2 fully saturated rings. The highest BCUT2D eigenvalue weighted by Gasteiger charge is 2.38.